The molecule has 1 saturated heterocycles. The van der Waals surface area contributed by atoms with Crippen LogP contribution in [0.15, 0.2) is 16.6 Å². The van der Waals surface area contributed by atoms with Crippen LogP contribution in [0.1, 0.15) is 20.3 Å². The van der Waals surface area contributed by atoms with Gasteiger partial charge in [0.2, 0.25) is 0 Å². The van der Waals surface area contributed by atoms with E-state index in [9.17, 15) is 0 Å². The van der Waals surface area contributed by atoms with Crippen LogP contribution in [0.5, 0.6) is 0 Å². The first-order valence-corrected chi connectivity index (χ1v) is 9.04. The summed E-state index contributed by atoms with van der Waals surface area (Å²) in [6.45, 7) is 12.3. The molecule has 0 bridgehead atoms. The fourth-order valence-corrected chi connectivity index (χ4v) is 3.32. The molecule has 0 atom stereocenters. The largest absolute Gasteiger partial charge is 0.370 e. The summed E-state index contributed by atoms with van der Waals surface area (Å²) in [4.78, 5) is 15.8. The van der Waals surface area contributed by atoms with Crippen molar-refractivity contribution >= 4 is 46.4 Å². The fraction of sp³-hybridized carbons (Fsp3) is 0.733. The van der Waals surface area contributed by atoms with E-state index in [-0.39, 0.29) is 24.0 Å². The molecule has 0 unspecified atom stereocenters. The van der Waals surface area contributed by atoms with E-state index in [0.717, 1.165) is 63.9 Å². The summed E-state index contributed by atoms with van der Waals surface area (Å²) in [5, 5.41) is 3.13. The van der Waals surface area contributed by atoms with Gasteiger partial charge in [0.1, 0.15) is 0 Å². The maximum atomic E-state index is 6.13. The van der Waals surface area contributed by atoms with Crippen LogP contribution >= 0.6 is 35.3 Å². The van der Waals surface area contributed by atoms with Crippen molar-refractivity contribution in [1.29, 1.82) is 0 Å². The lowest BCUT2D eigenvalue weighted by Crippen LogP contribution is -2.51. The fourth-order valence-electron chi connectivity index (χ4n) is 2.63. The SMILES string of the molecule is CCN(CC)CCCN=C(N)N1CCN(c2nccs2)CC1.I. The van der Waals surface area contributed by atoms with Crippen LogP contribution in [0.3, 0.4) is 0 Å². The van der Waals surface area contributed by atoms with Crippen LogP contribution < -0.4 is 10.6 Å². The van der Waals surface area contributed by atoms with E-state index in [2.05, 4.69) is 38.5 Å². The van der Waals surface area contributed by atoms with Crippen LogP contribution in [0, 0.1) is 0 Å². The zero-order valence-electron chi connectivity index (χ0n) is 14.1. The number of anilines is 1. The molecule has 0 aromatic carbocycles. The molecule has 8 heteroatoms. The minimum absolute atomic E-state index is 0. The highest BCUT2D eigenvalue weighted by Gasteiger charge is 2.19. The van der Waals surface area contributed by atoms with E-state index in [4.69, 9.17) is 5.73 Å². The van der Waals surface area contributed by atoms with Crippen molar-refractivity contribution in [3.8, 4) is 0 Å². The summed E-state index contributed by atoms with van der Waals surface area (Å²) in [5.74, 6) is 0.693. The Labute approximate surface area is 160 Å². The lowest BCUT2D eigenvalue weighted by molar-refractivity contribution is 0.301. The molecule has 0 spiro atoms. The number of thiazole rings is 1. The van der Waals surface area contributed by atoms with Gasteiger partial charge in [0.05, 0.1) is 0 Å². The Balaban J connectivity index is 0.00000264. The van der Waals surface area contributed by atoms with Gasteiger partial charge < -0.3 is 20.4 Å². The molecule has 0 saturated carbocycles. The average Bonchev–Trinajstić information content (AvgIpc) is 3.09. The normalized spacial score (nSPS) is 15.9. The van der Waals surface area contributed by atoms with Crippen LogP contribution in [0.25, 0.3) is 0 Å². The Morgan fingerprint density at radius 2 is 2.00 bits per heavy atom. The molecular formula is C15H29IN6S. The van der Waals surface area contributed by atoms with Gasteiger partial charge in [0.15, 0.2) is 11.1 Å². The number of hydrogen-bond acceptors (Lipinski definition) is 5. The molecule has 2 heterocycles. The highest BCUT2D eigenvalue weighted by molar-refractivity contribution is 14.0. The number of guanidine groups is 1. The van der Waals surface area contributed by atoms with Gasteiger partial charge in [0, 0.05) is 44.3 Å². The van der Waals surface area contributed by atoms with Gasteiger partial charge in [-0.25, -0.2) is 4.98 Å². The zero-order valence-corrected chi connectivity index (χ0v) is 17.3. The Hall–Kier alpha value is -0.610. The van der Waals surface area contributed by atoms with E-state index in [1.165, 1.54) is 0 Å². The number of aliphatic imine (C=N–C) groups is 1. The molecule has 2 rings (SSSR count). The number of hydrogen-bond donors (Lipinski definition) is 1. The molecule has 1 aliphatic rings. The lowest BCUT2D eigenvalue weighted by atomic mass is 10.3. The number of rotatable bonds is 7. The van der Waals surface area contributed by atoms with Gasteiger partial charge in [-0.1, -0.05) is 13.8 Å². The second kappa shape index (κ2) is 11.0. The maximum Gasteiger partial charge on any atom is 0.191 e. The van der Waals surface area contributed by atoms with E-state index in [1.807, 2.05) is 11.6 Å². The van der Waals surface area contributed by atoms with Gasteiger partial charge in [0.25, 0.3) is 0 Å². The van der Waals surface area contributed by atoms with Crippen molar-refractivity contribution in [2.24, 2.45) is 10.7 Å². The molecule has 132 valence electrons. The topological polar surface area (TPSA) is 61.0 Å². The predicted octanol–water partition coefficient (Wildman–Crippen LogP) is 1.93. The summed E-state index contributed by atoms with van der Waals surface area (Å²) in [6.07, 6.45) is 2.93. The Morgan fingerprint density at radius 3 is 2.57 bits per heavy atom. The Kier molecular flexibility index (Phi) is 9.80. The lowest BCUT2D eigenvalue weighted by Gasteiger charge is -2.35. The van der Waals surface area contributed by atoms with Crippen LogP contribution in [-0.4, -0.2) is 73.1 Å². The first-order chi connectivity index (χ1) is 10.7. The summed E-state index contributed by atoms with van der Waals surface area (Å²) in [7, 11) is 0. The molecule has 1 aliphatic heterocycles. The smallest absolute Gasteiger partial charge is 0.191 e. The summed E-state index contributed by atoms with van der Waals surface area (Å²) >= 11 is 1.69. The average molecular weight is 452 g/mol. The molecule has 0 aliphatic carbocycles. The Morgan fingerprint density at radius 1 is 1.30 bits per heavy atom. The van der Waals surface area contributed by atoms with Crippen molar-refractivity contribution in [3.63, 3.8) is 0 Å². The van der Waals surface area contributed by atoms with Gasteiger partial charge in [-0.15, -0.1) is 35.3 Å². The molecular weight excluding hydrogens is 423 g/mol. The van der Waals surface area contributed by atoms with E-state index < -0.39 is 0 Å². The third-order valence-electron chi connectivity index (χ3n) is 4.09. The van der Waals surface area contributed by atoms with Gasteiger partial charge in [-0.2, -0.15) is 0 Å². The van der Waals surface area contributed by atoms with E-state index in [1.54, 1.807) is 11.3 Å². The minimum Gasteiger partial charge on any atom is -0.370 e. The number of nitrogens with two attached hydrogens (primary N) is 1. The summed E-state index contributed by atoms with van der Waals surface area (Å²) in [6, 6.07) is 0. The van der Waals surface area contributed by atoms with Crippen molar-refractivity contribution in [1.82, 2.24) is 14.8 Å². The van der Waals surface area contributed by atoms with Crippen molar-refractivity contribution in [3.05, 3.63) is 11.6 Å². The molecule has 6 nitrogen and oxygen atoms in total. The summed E-state index contributed by atoms with van der Waals surface area (Å²) < 4.78 is 0. The summed E-state index contributed by atoms with van der Waals surface area (Å²) in [5.41, 5.74) is 6.13. The highest BCUT2D eigenvalue weighted by atomic mass is 127. The number of aromatic nitrogens is 1. The monoisotopic (exact) mass is 452 g/mol. The van der Waals surface area contributed by atoms with Crippen molar-refractivity contribution in [2.75, 3.05) is 57.3 Å². The molecule has 0 radical (unpaired) electrons. The number of nitrogens with zero attached hydrogens (tertiary/aromatic N) is 5. The molecule has 2 N–H and O–H groups in total. The molecule has 1 fully saturated rings. The van der Waals surface area contributed by atoms with Gasteiger partial charge >= 0.3 is 0 Å². The molecule has 0 amide bonds. The maximum absolute atomic E-state index is 6.13. The Bertz CT molecular complexity index is 441. The minimum atomic E-state index is 0. The third kappa shape index (κ3) is 6.42. The van der Waals surface area contributed by atoms with Crippen molar-refractivity contribution in [2.45, 2.75) is 20.3 Å². The molecule has 23 heavy (non-hydrogen) atoms. The van der Waals surface area contributed by atoms with E-state index in [0.29, 0.717) is 5.96 Å². The number of piperazine rings is 1. The van der Waals surface area contributed by atoms with Crippen LogP contribution in [0.4, 0.5) is 5.13 Å². The predicted molar refractivity (Wildman–Crippen MR) is 110 cm³/mol. The number of halogens is 1. The first-order valence-electron chi connectivity index (χ1n) is 8.16. The van der Waals surface area contributed by atoms with Crippen LogP contribution in [0.2, 0.25) is 0 Å². The van der Waals surface area contributed by atoms with Crippen molar-refractivity contribution < 1.29 is 0 Å². The standard InChI is InChI=1S/C15H28N6S.HI/c1-3-19(4-2)8-5-6-17-14(16)20-9-11-21(12-10-20)15-18-7-13-22-15;/h7,13H,3-6,8-12H2,1-2H3,(H2,16,17);1H. The third-order valence-corrected chi connectivity index (χ3v) is 4.93. The molecule has 1 aromatic rings. The molecule has 1 aromatic heterocycles. The van der Waals surface area contributed by atoms with Gasteiger partial charge in [-0.3, -0.25) is 4.99 Å². The van der Waals surface area contributed by atoms with Crippen LogP contribution in [-0.2, 0) is 0 Å². The quantitative estimate of drug-likeness (QED) is 0.297. The second-order valence-corrected chi connectivity index (χ2v) is 6.28. The van der Waals surface area contributed by atoms with E-state index >= 15 is 0 Å². The zero-order chi connectivity index (χ0) is 15.8. The highest BCUT2D eigenvalue weighted by Crippen LogP contribution is 2.18. The first kappa shape index (κ1) is 20.4. The second-order valence-electron chi connectivity index (χ2n) is 5.41. The van der Waals surface area contributed by atoms with Gasteiger partial charge in [-0.05, 0) is 26.1 Å².